The molecule has 0 fully saturated rings. The van der Waals surface area contributed by atoms with E-state index in [4.69, 9.17) is 4.74 Å². The standard InChI is InChI=1S/C22H31N3O3S/c1-14(2)22(7,13-23-20(27)28-21(4,5)6)25-18(26)16-8-10-17(11-9-16)19-24-15(3)12-29-19/h8-12,14H,13H2,1-7H3,(H,23,27)(H,25,26). The van der Waals surface area contributed by atoms with Crippen molar-refractivity contribution in [1.82, 2.24) is 15.6 Å². The average Bonchev–Trinajstić information content (AvgIpc) is 3.05. The monoisotopic (exact) mass is 417 g/mol. The Balaban J connectivity index is 2.05. The van der Waals surface area contributed by atoms with Crippen molar-refractivity contribution < 1.29 is 14.3 Å². The average molecular weight is 418 g/mol. The number of benzene rings is 1. The van der Waals surface area contributed by atoms with Crippen molar-refractivity contribution in [3.05, 3.63) is 40.9 Å². The van der Waals surface area contributed by atoms with Crippen molar-refractivity contribution in [2.75, 3.05) is 6.54 Å². The van der Waals surface area contributed by atoms with Crippen LogP contribution in [0.25, 0.3) is 10.6 Å². The second-order valence-electron chi connectivity index (χ2n) is 8.75. The zero-order valence-electron chi connectivity index (χ0n) is 18.3. The van der Waals surface area contributed by atoms with Gasteiger partial charge in [-0.25, -0.2) is 9.78 Å². The number of carbonyl (C=O) groups excluding carboxylic acids is 2. The van der Waals surface area contributed by atoms with Crippen molar-refractivity contribution in [3.8, 4) is 10.6 Å². The van der Waals surface area contributed by atoms with E-state index < -0.39 is 17.2 Å². The van der Waals surface area contributed by atoms with E-state index in [0.29, 0.717) is 5.56 Å². The SMILES string of the molecule is Cc1csc(-c2ccc(C(=O)NC(C)(CNC(=O)OC(C)(C)C)C(C)C)cc2)n1. The molecule has 0 aliphatic rings. The lowest BCUT2D eigenvalue weighted by molar-refractivity contribution is 0.0497. The van der Waals surface area contributed by atoms with E-state index in [1.165, 1.54) is 0 Å². The molecule has 1 aromatic heterocycles. The van der Waals surface area contributed by atoms with E-state index in [0.717, 1.165) is 16.3 Å². The number of nitrogens with one attached hydrogen (secondary N) is 2. The molecule has 0 bridgehead atoms. The lowest BCUT2D eigenvalue weighted by Gasteiger charge is -2.35. The van der Waals surface area contributed by atoms with Crippen LogP contribution in [0.1, 0.15) is 57.6 Å². The molecule has 0 radical (unpaired) electrons. The largest absolute Gasteiger partial charge is 0.444 e. The molecule has 2 amide bonds. The number of hydrogen-bond acceptors (Lipinski definition) is 5. The molecule has 29 heavy (non-hydrogen) atoms. The van der Waals surface area contributed by atoms with E-state index in [1.807, 2.05) is 66.0 Å². The van der Waals surface area contributed by atoms with Crippen molar-refractivity contribution in [1.29, 1.82) is 0 Å². The first kappa shape index (κ1) is 22.9. The van der Waals surface area contributed by atoms with Crippen LogP contribution in [0, 0.1) is 12.8 Å². The lowest BCUT2D eigenvalue weighted by Crippen LogP contribution is -2.57. The fraction of sp³-hybridized carbons (Fsp3) is 0.500. The van der Waals surface area contributed by atoms with E-state index >= 15 is 0 Å². The van der Waals surface area contributed by atoms with Gasteiger partial charge in [0.05, 0.1) is 5.54 Å². The number of nitrogens with zero attached hydrogens (tertiary/aromatic N) is 1. The van der Waals surface area contributed by atoms with Gasteiger partial charge in [0, 0.05) is 28.7 Å². The highest BCUT2D eigenvalue weighted by molar-refractivity contribution is 7.13. The Labute approximate surface area is 177 Å². The summed E-state index contributed by atoms with van der Waals surface area (Å²) in [6, 6.07) is 7.39. The molecule has 1 heterocycles. The molecule has 1 atom stereocenters. The summed E-state index contributed by atoms with van der Waals surface area (Å²) < 4.78 is 5.29. The predicted molar refractivity (Wildman–Crippen MR) is 117 cm³/mol. The number of amides is 2. The van der Waals surface area contributed by atoms with Gasteiger partial charge in [0.25, 0.3) is 5.91 Å². The number of rotatable bonds is 6. The highest BCUT2D eigenvalue weighted by Crippen LogP contribution is 2.24. The van der Waals surface area contributed by atoms with Gasteiger partial charge in [-0.1, -0.05) is 26.0 Å². The summed E-state index contributed by atoms with van der Waals surface area (Å²) in [7, 11) is 0. The molecule has 1 aromatic carbocycles. The summed E-state index contributed by atoms with van der Waals surface area (Å²) in [6.45, 7) is 13.6. The summed E-state index contributed by atoms with van der Waals surface area (Å²) in [4.78, 5) is 29.3. The van der Waals surface area contributed by atoms with Crippen LogP contribution in [0.2, 0.25) is 0 Å². The summed E-state index contributed by atoms with van der Waals surface area (Å²) in [5, 5.41) is 8.77. The van der Waals surface area contributed by atoms with Crippen LogP contribution in [0.4, 0.5) is 4.79 Å². The van der Waals surface area contributed by atoms with Crippen LogP contribution in [0.15, 0.2) is 29.6 Å². The Bertz CT molecular complexity index is 853. The smallest absolute Gasteiger partial charge is 0.407 e. The van der Waals surface area contributed by atoms with Crippen molar-refractivity contribution >= 4 is 23.3 Å². The summed E-state index contributed by atoms with van der Waals surface area (Å²) >= 11 is 1.58. The molecule has 2 aromatic rings. The number of alkyl carbamates (subject to hydrolysis) is 1. The number of hydrogen-bond donors (Lipinski definition) is 2. The zero-order chi connectivity index (χ0) is 21.8. The molecule has 0 saturated heterocycles. The Morgan fingerprint density at radius 1 is 1.14 bits per heavy atom. The first-order chi connectivity index (χ1) is 13.4. The molecule has 0 spiro atoms. The Morgan fingerprint density at radius 3 is 2.24 bits per heavy atom. The Kier molecular flexibility index (Phi) is 7.06. The van der Waals surface area contributed by atoms with E-state index in [1.54, 1.807) is 23.5 Å². The van der Waals surface area contributed by atoms with Crippen LogP contribution >= 0.6 is 11.3 Å². The van der Waals surface area contributed by atoms with E-state index in [9.17, 15) is 9.59 Å². The van der Waals surface area contributed by atoms with Crippen molar-refractivity contribution in [3.63, 3.8) is 0 Å². The van der Waals surface area contributed by atoms with Gasteiger partial charge in [0.1, 0.15) is 10.6 Å². The third-order valence-corrected chi connectivity index (χ3v) is 5.69. The number of ether oxygens (including phenoxy) is 1. The minimum atomic E-state index is -0.626. The molecule has 0 aliphatic heterocycles. The molecule has 7 heteroatoms. The van der Waals surface area contributed by atoms with Gasteiger partial charge in [0.15, 0.2) is 0 Å². The number of carbonyl (C=O) groups is 2. The minimum absolute atomic E-state index is 0.0963. The Morgan fingerprint density at radius 2 is 1.76 bits per heavy atom. The molecular weight excluding hydrogens is 386 g/mol. The van der Waals surface area contributed by atoms with E-state index in [-0.39, 0.29) is 18.4 Å². The molecule has 158 valence electrons. The lowest BCUT2D eigenvalue weighted by atomic mass is 9.88. The third-order valence-electron chi connectivity index (χ3n) is 4.69. The van der Waals surface area contributed by atoms with Crippen molar-refractivity contribution in [2.45, 2.75) is 59.6 Å². The first-order valence-corrected chi connectivity index (χ1v) is 10.6. The maximum absolute atomic E-state index is 12.8. The molecule has 0 aliphatic carbocycles. The highest BCUT2D eigenvalue weighted by atomic mass is 32.1. The molecule has 0 saturated carbocycles. The number of aromatic nitrogens is 1. The van der Waals surface area contributed by atoms with Gasteiger partial charge in [0.2, 0.25) is 0 Å². The second kappa shape index (κ2) is 8.95. The van der Waals surface area contributed by atoms with Gasteiger partial charge in [-0.3, -0.25) is 4.79 Å². The fourth-order valence-electron chi connectivity index (χ4n) is 2.54. The van der Waals surface area contributed by atoms with Crippen LogP contribution < -0.4 is 10.6 Å². The summed E-state index contributed by atoms with van der Waals surface area (Å²) in [5.74, 6) is -0.0898. The molecular formula is C22H31N3O3S. The fourth-order valence-corrected chi connectivity index (χ4v) is 3.35. The van der Waals surface area contributed by atoms with Gasteiger partial charge in [-0.2, -0.15) is 0 Å². The first-order valence-electron chi connectivity index (χ1n) is 9.71. The Hall–Kier alpha value is -2.41. The van der Waals surface area contributed by atoms with Crippen LogP contribution in [0.5, 0.6) is 0 Å². The van der Waals surface area contributed by atoms with Gasteiger partial charge >= 0.3 is 6.09 Å². The predicted octanol–water partition coefficient (Wildman–Crippen LogP) is 4.79. The quantitative estimate of drug-likeness (QED) is 0.708. The normalized spacial score (nSPS) is 13.7. The zero-order valence-corrected chi connectivity index (χ0v) is 19.1. The van der Waals surface area contributed by atoms with Crippen LogP contribution in [-0.4, -0.2) is 34.7 Å². The number of aryl methyl sites for hydroxylation is 1. The summed E-state index contributed by atoms with van der Waals surface area (Å²) in [5.41, 5.74) is 1.33. The third kappa shape index (κ3) is 6.56. The molecule has 2 N–H and O–H groups in total. The van der Waals surface area contributed by atoms with Gasteiger partial charge in [-0.05, 0) is 52.7 Å². The maximum atomic E-state index is 12.8. The van der Waals surface area contributed by atoms with Crippen LogP contribution in [-0.2, 0) is 4.74 Å². The highest BCUT2D eigenvalue weighted by Gasteiger charge is 2.32. The van der Waals surface area contributed by atoms with Crippen LogP contribution in [0.3, 0.4) is 0 Å². The molecule has 2 rings (SSSR count). The van der Waals surface area contributed by atoms with Crippen molar-refractivity contribution in [2.24, 2.45) is 5.92 Å². The minimum Gasteiger partial charge on any atom is -0.444 e. The summed E-state index contributed by atoms with van der Waals surface area (Å²) in [6.07, 6.45) is -0.498. The number of thiazole rings is 1. The maximum Gasteiger partial charge on any atom is 0.407 e. The van der Waals surface area contributed by atoms with Gasteiger partial charge < -0.3 is 15.4 Å². The van der Waals surface area contributed by atoms with Gasteiger partial charge in [-0.15, -0.1) is 11.3 Å². The molecule has 1 unspecified atom stereocenters. The van der Waals surface area contributed by atoms with E-state index in [2.05, 4.69) is 15.6 Å². The molecule has 6 nitrogen and oxygen atoms in total. The topological polar surface area (TPSA) is 80.3 Å². The second-order valence-corrected chi connectivity index (χ2v) is 9.61.